The van der Waals surface area contributed by atoms with Crippen molar-refractivity contribution in [1.29, 1.82) is 0 Å². The molecule has 0 unspecified atom stereocenters. The first-order valence-corrected chi connectivity index (χ1v) is 3.92. The number of hydrogen-bond acceptors (Lipinski definition) is 4. The standard InChI is InChI=1S/C8H12N2O3/c1-4-10-8(11)7(13-3)6(12-2)5-9-10/h5H,4H2,1-3H3. The fourth-order valence-electron chi connectivity index (χ4n) is 1.01. The van der Waals surface area contributed by atoms with Gasteiger partial charge in [-0.25, -0.2) is 4.68 Å². The third-order valence-electron chi connectivity index (χ3n) is 1.69. The number of rotatable bonds is 3. The molecule has 0 aliphatic heterocycles. The molecule has 0 spiro atoms. The lowest BCUT2D eigenvalue weighted by atomic mass is 10.4. The summed E-state index contributed by atoms with van der Waals surface area (Å²) >= 11 is 0. The molecule has 0 amide bonds. The minimum Gasteiger partial charge on any atom is -0.491 e. The maximum atomic E-state index is 11.5. The Morgan fingerprint density at radius 1 is 1.46 bits per heavy atom. The van der Waals surface area contributed by atoms with Gasteiger partial charge in [-0.3, -0.25) is 4.79 Å². The molecule has 0 bridgehead atoms. The van der Waals surface area contributed by atoms with Gasteiger partial charge >= 0.3 is 5.56 Å². The van der Waals surface area contributed by atoms with Gasteiger partial charge < -0.3 is 9.47 Å². The molecular weight excluding hydrogens is 172 g/mol. The minimum absolute atomic E-state index is 0.194. The molecule has 13 heavy (non-hydrogen) atoms. The van der Waals surface area contributed by atoms with Gasteiger partial charge in [0.05, 0.1) is 20.4 Å². The zero-order valence-electron chi connectivity index (χ0n) is 7.90. The van der Waals surface area contributed by atoms with Crippen molar-refractivity contribution in [3.8, 4) is 11.5 Å². The number of methoxy groups -OCH3 is 2. The van der Waals surface area contributed by atoms with Gasteiger partial charge in [0.2, 0.25) is 5.75 Å². The molecule has 1 aromatic heterocycles. The van der Waals surface area contributed by atoms with E-state index in [1.807, 2.05) is 6.92 Å². The Bertz CT molecular complexity index is 346. The van der Waals surface area contributed by atoms with Crippen LogP contribution in [0.1, 0.15) is 6.92 Å². The highest BCUT2D eigenvalue weighted by atomic mass is 16.5. The average molecular weight is 184 g/mol. The van der Waals surface area contributed by atoms with E-state index in [2.05, 4.69) is 5.10 Å². The summed E-state index contributed by atoms with van der Waals surface area (Å²) < 4.78 is 11.1. The molecule has 0 aliphatic rings. The fraction of sp³-hybridized carbons (Fsp3) is 0.500. The molecule has 0 aliphatic carbocycles. The fourth-order valence-corrected chi connectivity index (χ4v) is 1.01. The Morgan fingerprint density at radius 2 is 2.15 bits per heavy atom. The van der Waals surface area contributed by atoms with Gasteiger partial charge in [-0.1, -0.05) is 0 Å². The van der Waals surface area contributed by atoms with Crippen molar-refractivity contribution < 1.29 is 9.47 Å². The van der Waals surface area contributed by atoms with Crippen LogP contribution in [0.4, 0.5) is 0 Å². The second-order valence-corrected chi connectivity index (χ2v) is 2.37. The molecule has 1 aromatic rings. The SMILES string of the molecule is CCn1ncc(OC)c(OC)c1=O. The second kappa shape index (κ2) is 3.93. The van der Waals surface area contributed by atoms with Crippen LogP contribution in [0.15, 0.2) is 11.0 Å². The van der Waals surface area contributed by atoms with E-state index in [1.54, 1.807) is 0 Å². The monoisotopic (exact) mass is 184 g/mol. The smallest absolute Gasteiger partial charge is 0.313 e. The van der Waals surface area contributed by atoms with Crippen LogP contribution in [-0.4, -0.2) is 24.0 Å². The van der Waals surface area contributed by atoms with Gasteiger partial charge in [-0.15, -0.1) is 0 Å². The van der Waals surface area contributed by atoms with Crippen molar-refractivity contribution in [3.05, 3.63) is 16.6 Å². The van der Waals surface area contributed by atoms with E-state index >= 15 is 0 Å². The molecule has 0 saturated heterocycles. The van der Waals surface area contributed by atoms with E-state index in [1.165, 1.54) is 25.1 Å². The highest BCUT2D eigenvalue weighted by molar-refractivity contribution is 5.34. The topological polar surface area (TPSA) is 53.4 Å². The normalized spacial score (nSPS) is 9.77. The Labute approximate surface area is 75.9 Å². The summed E-state index contributed by atoms with van der Waals surface area (Å²) in [6.45, 7) is 2.35. The number of ether oxygens (including phenoxy) is 2. The molecule has 5 nitrogen and oxygen atoms in total. The Morgan fingerprint density at radius 3 is 2.62 bits per heavy atom. The van der Waals surface area contributed by atoms with Gasteiger partial charge in [-0.2, -0.15) is 5.10 Å². The Hall–Kier alpha value is -1.52. The van der Waals surface area contributed by atoms with Crippen LogP contribution in [0.2, 0.25) is 0 Å². The van der Waals surface area contributed by atoms with Crippen LogP contribution in [-0.2, 0) is 6.54 Å². The Balaban J connectivity index is 3.32. The molecule has 72 valence electrons. The van der Waals surface area contributed by atoms with E-state index < -0.39 is 0 Å². The minimum atomic E-state index is -0.274. The van der Waals surface area contributed by atoms with Crippen molar-refractivity contribution in [2.45, 2.75) is 13.5 Å². The number of aryl methyl sites for hydroxylation is 1. The van der Waals surface area contributed by atoms with Crippen molar-refractivity contribution in [1.82, 2.24) is 9.78 Å². The van der Waals surface area contributed by atoms with E-state index in [0.29, 0.717) is 12.3 Å². The third kappa shape index (κ3) is 1.63. The highest BCUT2D eigenvalue weighted by Crippen LogP contribution is 2.19. The second-order valence-electron chi connectivity index (χ2n) is 2.37. The predicted molar refractivity (Wildman–Crippen MR) is 47.3 cm³/mol. The molecule has 0 aromatic carbocycles. The zero-order chi connectivity index (χ0) is 9.84. The number of nitrogens with zero attached hydrogens (tertiary/aromatic N) is 2. The van der Waals surface area contributed by atoms with E-state index in [9.17, 15) is 4.79 Å². The third-order valence-corrected chi connectivity index (χ3v) is 1.69. The van der Waals surface area contributed by atoms with Crippen molar-refractivity contribution in [2.24, 2.45) is 0 Å². The molecule has 0 radical (unpaired) electrons. The maximum Gasteiger partial charge on any atom is 0.313 e. The van der Waals surface area contributed by atoms with Crippen LogP contribution in [0, 0.1) is 0 Å². The van der Waals surface area contributed by atoms with E-state index in [-0.39, 0.29) is 11.3 Å². The molecule has 5 heteroatoms. The van der Waals surface area contributed by atoms with Crippen LogP contribution < -0.4 is 15.0 Å². The van der Waals surface area contributed by atoms with Gasteiger partial charge in [0.25, 0.3) is 0 Å². The first-order valence-electron chi connectivity index (χ1n) is 3.92. The first kappa shape index (κ1) is 9.57. The first-order chi connectivity index (χ1) is 6.24. The van der Waals surface area contributed by atoms with Gasteiger partial charge in [0, 0.05) is 6.54 Å². The average Bonchev–Trinajstić information content (AvgIpc) is 2.17. The molecule has 0 N–H and O–H groups in total. The lowest BCUT2D eigenvalue weighted by molar-refractivity contribution is 0.340. The lowest BCUT2D eigenvalue weighted by Crippen LogP contribution is -2.23. The van der Waals surface area contributed by atoms with Crippen molar-refractivity contribution >= 4 is 0 Å². The highest BCUT2D eigenvalue weighted by Gasteiger charge is 2.10. The summed E-state index contributed by atoms with van der Waals surface area (Å²) in [5.74, 6) is 0.552. The quantitative estimate of drug-likeness (QED) is 0.677. The maximum absolute atomic E-state index is 11.5. The van der Waals surface area contributed by atoms with Gasteiger partial charge in [0.1, 0.15) is 0 Å². The molecule has 0 saturated carbocycles. The summed E-state index contributed by atoms with van der Waals surface area (Å²) in [5, 5.41) is 3.88. The van der Waals surface area contributed by atoms with Crippen molar-refractivity contribution in [2.75, 3.05) is 14.2 Å². The van der Waals surface area contributed by atoms with Crippen molar-refractivity contribution in [3.63, 3.8) is 0 Å². The largest absolute Gasteiger partial charge is 0.491 e. The summed E-state index contributed by atoms with van der Waals surface area (Å²) in [6, 6.07) is 0. The summed E-state index contributed by atoms with van der Waals surface area (Å²) in [6.07, 6.45) is 1.46. The van der Waals surface area contributed by atoms with Gasteiger partial charge in [0.15, 0.2) is 5.75 Å². The summed E-state index contributed by atoms with van der Waals surface area (Å²) in [4.78, 5) is 11.5. The van der Waals surface area contributed by atoms with E-state index in [0.717, 1.165) is 0 Å². The summed E-state index contributed by atoms with van der Waals surface area (Å²) in [7, 11) is 2.90. The molecule has 0 fully saturated rings. The number of aromatic nitrogens is 2. The lowest BCUT2D eigenvalue weighted by Gasteiger charge is -2.07. The zero-order valence-corrected chi connectivity index (χ0v) is 7.90. The van der Waals surface area contributed by atoms with Gasteiger partial charge in [-0.05, 0) is 6.92 Å². The van der Waals surface area contributed by atoms with Crippen LogP contribution in [0.3, 0.4) is 0 Å². The molecule has 1 heterocycles. The van der Waals surface area contributed by atoms with E-state index in [4.69, 9.17) is 9.47 Å². The Kier molecular flexibility index (Phi) is 2.89. The van der Waals surface area contributed by atoms with Crippen LogP contribution >= 0.6 is 0 Å². The van der Waals surface area contributed by atoms with Crippen LogP contribution in [0.5, 0.6) is 11.5 Å². The molecule has 0 atom stereocenters. The van der Waals surface area contributed by atoms with Crippen LogP contribution in [0.25, 0.3) is 0 Å². The molecular formula is C8H12N2O3. The molecule has 1 rings (SSSR count). The summed E-state index contributed by atoms with van der Waals surface area (Å²) in [5.41, 5.74) is -0.274. The number of hydrogen-bond donors (Lipinski definition) is 0. The predicted octanol–water partition coefficient (Wildman–Crippen LogP) is 0.280.